The number of aryl methyl sites for hydroxylation is 2. The zero-order valence-electron chi connectivity index (χ0n) is 18.4. The van der Waals surface area contributed by atoms with Crippen molar-refractivity contribution in [2.24, 2.45) is 0 Å². The summed E-state index contributed by atoms with van der Waals surface area (Å²) in [5.41, 5.74) is 3.18. The smallest absolute Gasteiger partial charge is 0.409 e. The van der Waals surface area contributed by atoms with E-state index in [-0.39, 0.29) is 23.5 Å². The summed E-state index contributed by atoms with van der Waals surface area (Å²) in [6, 6.07) is 10.2. The number of rotatable bonds is 3. The lowest BCUT2D eigenvalue weighted by Crippen LogP contribution is -2.50. The topological polar surface area (TPSA) is 87.2 Å². The summed E-state index contributed by atoms with van der Waals surface area (Å²) < 4.78 is 5.01. The number of nitrogens with zero attached hydrogens (tertiary/aromatic N) is 3. The van der Waals surface area contributed by atoms with Gasteiger partial charge in [-0.2, -0.15) is 0 Å². The molecule has 32 heavy (non-hydrogen) atoms. The van der Waals surface area contributed by atoms with E-state index in [9.17, 15) is 19.2 Å². The highest BCUT2D eigenvalue weighted by molar-refractivity contribution is 6.35. The van der Waals surface area contributed by atoms with Crippen molar-refractivity contribution in [1.29, 1.82) is 0 Å². The molecule has 1 saturated heterocycles. The van der Waals surface area contributed by atoms with Gasteiger partial charge in [0.25, 0.3) is 17.7 Å². The van der Waals surface area contributed by atoms with E-state index in [0.717, 1.165) is 11.1 Å². The average Bonchev–Trinajstić information content (AvgIpc) is 3.04. The molecule has 1 fully saturated rings. The summed E-state index contributed by atoms with van der Waals surface area (Å²) in [6.45, 7) is 7.31. The number of fused-ring (bicyclic) bond motifs is 1. The largest absolute Gasteiger partial charge is 0.450 e. The standard InChI is InChI=1S/C24H25N3O5/c1-4-32-24(31)26-11-9-25(10-12-26)21(28)17-7-8-18-19(14-17)23(30)27(22(18)29)20-13-15(2)5-6-16(20)3/h5-8,13-14H,4,9-12H2,1-3H3. The number of carbonyl (C=O) groups is 4. The third-order valence-electron chi connectivity index (χ3n) is 5.83. The molecule has 2 aliphatic rings. The molecule has 0 spiro atoms. The summed E-state index contributed by atoms with van der Waals surface area (Å²) in [7, 11) is 0. The van der Waals surface area contributed by atoms with Crippen molar-refractivity contribution >= 4 is 29.5 Å². The van der Waals surface area contributed by atoms with Crippen molar-refractivity contribution in [3.63, 3.8) is 0 Å². The molecule has 4 amide bonds. The Morgan fingerprint density at radius 2 is 1.53 bits per heavy atom. The fourth-order valence-electron chi connectivity index (χ4n) is 4.04. The van der Waals surface area contributed by atoms with E-state index < -0.39 is 5.91 Å². The molecular weight excluding hydrogens is 410 g/mol. The Kier molecular flexibility index (Phi) is 5.69. The molecule has 4 rings (SSSR count). The van der Waals surface area contributed by atoms with Crippen LogP contribution in [0.4, 0.5) is 10.5 Å². The van der Waals surface area contributed by atoms with Crippen molar-refractivity contribution in [2.75, 3.05) is 37.7 Å². The minimum atomic E-state index is -0.430. The van der Waals surface area contributed by atoms with Gasteiger partial charge in [0.15, 0.2) is 0 Å². The number of hydrogen-bond donors (Lipinski definition) is 0. The molecular formula is C24H25N3O5. The van der Waals surface area contributed by atoms with Crippen molar-refractivity contribution < 1.29 is 23.9 Å². The molecule has 8 heteroatoms. The van der Waals surface area contributed by atoms with Gasteiger partial charge in [-0.3, -0.25) is 14.4 Å². The zero-order valence-corrected chi connectivity index (χ0v) is 18.4. The second-order valence-corrected chi connectivity index (χ2v) is 7.97. The Labute approximate surface area is 186 Å². The highest BCUT2D eigenvalue weighted by Crippen LogP contribution is 2.32. The molecule has 2 aromatic rings. The van der Waals surface area contributed by atoms with E-state index in [0.29, 0.717) is 49.6 Å². The molecule has 0 N–H and O–H groups in total. The maximum Gasteiger partial charge on any atom is 0.409 e. The molecule has 2 aromatic carbocycles. The van der Waals surface area contributed by atoms with Gasteiger partial charge in [0.05, 0.1) is 23.4 Å². The maximum absolute atomic E-state index is 13.1. The van der Waals surface area contributed by atoms with Gasteiger partial charge in [-0.05, 0) is 56.2 Å². The number of hydrogen-bond acceptors (Lipinski definition) is 5. The molecule has 8 nitrogen and oxygen atoms in total. The first-order chi connectivity index (χ1) is 15.3. The quantitative estimate of drug-likeness (QED) is 0.692. The average molecular weight is 435 g/mol. The van der Waals surface area contributed by atoms with E-state index in [2.05, 4.69) is 0 Å². The summed E-state index contributed by atoms with van der Waals surface area (Å²) in [6.07, 6.45) is -0.382. The fourth-order valence-corrected chi connectivity index (χ4v) is 4.04. The fraction of sp³-hybridized carbons (Fsp3) is 0.333. The van der Waals surface area contributed by atoms with Gasteiger partial charge < -0.3 is 14.5 Å². The second kappa shape index (κ2) is 8.45. The molecule has 2 aliphatic heterocycles. The molecule has 0 atom stereocenters. The number of imide groups is 1. The lowest BCUT2D eigenvalue weighted by atomic mass is 10.0. The first-order valence-electron chi connectivity index (χ1n) is 10.6. The molecule has 0 unspecified atom stereocenters. The number of carbonyl (C=O) groups excluding carboxylic acids is 4. The van der Waals surface area contributed by atoms with Crippen LogP contribution in [0.1, 0.15) is 49.1 Å². The van der Waals surface area contributed by atoms with Crippen LogP contribution in [0.25, 0.3) is 0 Å². The lowest BCUT2D eigenvalue weighted by Gasteiger charge is -2.34. The SMILES string of the molecule is CCOC(=O)N1CCN(C(=O)c2ccc3c(c2)C(=O)N(c2cc(C)ccc2C)C3=O)CC1. The van der Waals surface area contributed by atoms with E-state index in [4.69, 9.17) is 4.74 Å². The van der Waals surface area contributed by atoms with E-state index in [1.54, 1.807) is 28.9 Å². The Bertz CT molecular complexity index is 1120. The van der Waals surface area contributed by atoms with Crippen LogP contribution in [0, 0.1) is 13.8 Å². The van der Waals surface area contributed by atoms with Gasteiger partial charge >= 0.3 is 6.09 Å². The minimum Gasteiger partial charge on any atom is -0.450 e. The van der Waals surface area contributed by atoms with Gasteiger partial charge in [-0.15, -0.1) is 0 Å². The van der Waals surface area contributed by atoms with Gasteiger partial charge in [0.1, 0.15) is 0 Å². The third kappa shape index (κ3) is 3.72. The highest BCUT2D eigenvalue weighted by Gasteiger charge is 2.38. The van der Waals surface area contributed by atoms with Crippen LogP contribution in [0.3, 0.4) is 0 Å². The minimum absolute atomic E-state index is 0.229. The monoisotopic (exact) mass is 435 g/mol. The molecule has 0 aliphatic carbocycles. The summed E-state index contributed by atoms with van der Waals surface area (Å²) in [5.74, 6) is -1.05. The van der Waals surface area contributed by atoms with E-state index in [1.807, 2.05) is 32.0 Å². The van der Waals surface area contributed by atoms with Gasteiger partial charge in [-0.1, -0.05) is 12.1 Å². The van der Waals surface area contributed by atoms with Crippen molar-refractivity contribution in [2.45, 2.75) is 20.8 Å². The summed E-state index contributed by atoms with van der Waals surface area (Å²) in [4.78, 5) is 55.4. The van der Waals surface area contributed by atoms with Gasteiger partial charge in [0.2, 0.25) is 0 Å². The molecule has 0 aromatic heterocycles. The Hall–Kier alpha value is -3.68. The van der Waals surface area contributed by atoms with Crippen molar-refractivity contribution in [3.05, 3.63) is 64.2 Å². The zero-order chi connectivity index (χ0) is 23.0. The number of anilines is 1. The van der Waals surface area contributed by atoms with Gasteiger partial charge in [0, 0.05) is 31.7 Å². The summed E-state index contributed by atoms with van der Waals surface area (Å²) >= 11 is 0. The predicted molar refractivity (Wildman–Crippen MR) is 118 cm³/mol. The second-order valence-electron chi connectivity index (χ2n) is 7.97. The normalized spacial score (nSPS) is 15.8. The van der Waals surface area contributed by atoms with Crippen LogP contribution in [0.2, 0.25) is 0 Å². The van der Waals surface area contributed by atoms with Crippen LogP contribution in [0.15, 0.2) is 36.4 Å². The first-order valence-corrected chi connectivity index (χ1v) is 10.6. The highest BCUT2D eigenvalue weighted by atomic mass is 16.6. The van der Waals surface area contributed by atoms with Crippen LogP contribution in [0.5, 0.6) is 0 Å². The third-order valence-corrected chi connectivity index (χ3v) is 5.83. The molecule has 0 bridgehead atoms. The number of ether oxygens (including phenoxy) is 1. The maximum atomic E-state index is 13.1. The van der Waals surface area contributed by atoms with Crippen molar-refractivity contribution in [1.82, 2.24) is 9.80 Å². The molecule has 0 radical (unpaired) electrons. The van der Waals surface area contributed by atoms with E-state index in [1.165, 1.54) is 11.0 Å². The Morgan fingerprint density at radius 1 is 0.875 bits per heavy atom. The number of piperazine rings is 1. The van der Waals surface area contributed by atoms with Crippen molar-refractivity contribution in [3.8, 4) is 0 Å². The van der Waals surface area contributed by atoms with Crippen LogP contribution < -0.4 is 4.90 Å². The molecule has 166 valence electrons. The number of benzene rings is 2. The van der Waals surface area contributed by atoms with Crippen LogP contribution >= 0.6 is 0 Å². The number of amides is 4. The molecule has 2 heterocycles. The Balaban J connectivity index is 1.54. The Morgan fingerprint density at radius 3 is 2.22 bits per heavy atom. The van der Waals surface area contributed by atoms with Crippen LogP contribution in [-0.2, 0) is 4.74 Å². The lowest BCUT2D eigenvalue weighted by molar-refractivity contribution is 0.0570. The summed E-state index contributed by atoms with van der Waals surface area (Å²) in [5, 5.41) is 0. The van der Waals surface area contributed by atoms with E-state index >= 15 is 0 Å². The molecule has 0 saturated carbocycles. The predicted octanol–water partition coefficient (Wildman–Crippen LogP) is 3.02. The van der Waals surface area contributed by atoms with Gasteiger partial charge in [-0.25, -0.2) is 9.69 Å². The van der Waals surface area contributed by atoms with Crippen LogP contribution in [-0.4, -0.2) is 66.4 Å². The first kappa shape index (κ1) is 21.5.